The fourth-order valence-corrected chi connectivity index (χ4v) is 3.21. The number of phenolic OH excluding ortho intramolecular Hbond substituents is 1. The molecule has 31 heavy (non-hydrogen) atoms. The summed E-state index contributed by atoms with van der Waals surface area (Å²) in [6.45, 7) is 5.95. The number of amides is 1. The number of nitrogens with zero attached hydrogens (tertiary/aromatic N) is 3. The Hall–Kier alpha value is -3.36. The van der Waals surface area contributed by atoms with E-state index in [0.29, 0.717) is 29.0 Å². The number of hydrogen-bond acceptors (Lipinski definition) is 5. The number of aryl methyl sites for hydroxylation is 1. The van der Waals surface area contributed by atoms with Gasteiger partial charge in [0.25, 0.3) is 5.91 Å². The molecule has 1 aromatic carbocycles. The first-order chi connectivity index (χ1) is 14.5. The van der Waals surface area contributed by atoms with Crippen molar-refractivity contribution in [3.63, 3.8) is 0 Å². The Morgan fingerprint density at radius 2 is 1.94 bits per heavy atom. The maximum Gasteiger partial charge on any atom is 0.417 e. The molecule has 0 aliphatic rings. The van der Waals surface area contributed by atoms with Gasteiger partial charge in [-0.2, -0.15) is 13.2 Å². The highest BCUT2D eigenvalue weighted by atomic mass is 19.4. The number of aromatic hydroxyl groups is 1. The summed E-state index contributed by atoms with van der Waals surface area (Å²) in [4.78, 5) is 22.8. The van der Waals surface area contributed by atoms with Crippen LogP contribution in [0.3, 0.4) is 0 Å². The van der Waals surface area contributed by atoms with Gasteiger partial charge in [0.1, 0.15) is 11.6 Å². The van der Waals surface area contributed by atoms with E-state index in [1.165, 1.54) is 17.0 Å². The molecule has 0 aliphatic carbocycles. The van der Waals surface area contributed by atoms with Crippen LogP contribution in [0.2, 0.25) is 0 Å². The highest BCUT2D eigenvalue weighted by Crippen LogP contribution is 2.30. The Kier molecular flexibility index (Phi) is 6.06. The number of phenols is 1. The lowest BCUT2D eigenvalue weighted by Gasteiger charge is -2.25. The van der Waals surface area contributed by atoms with Crippen LogP contribution in [0.15, 0.2) is 36.5 Å². The fraction of sp³-hybridized carbons (Fsp3) is 0.318. The zero-order valence-electron chi connectivity index (χ0n) is 17.4. The van der Waals surface area contributed by atoms with Crippen molar-refractivity contribution in [2.24, 2.45) is 5.92 Å². The van der Waals surface area contributed by atoms with E-state index in [1.807, 2.05) is 13.8 Å². The van der Waals surface area contributed by atoms with Gasteiger partial charge >= 0.3 is 6.18 Å². The number of carbonyl (C=O) groups excluding carboxylic acids is 1. The molecular formula is C22H23F3N4O2. The SMILES string of the molecule is Cc1cc2cc(C(=O)N(Cc3ccc(C(F)(F)F)cn3)CC(C)C)c(O)cc2nc1N. The van der Waals surface area contributed by atoms with E-state index >= 15 is 0 Å². The van der Waals surface area contributed by atoms with Gasteiger partial charge < -0.3 is 15.7 Å². The molecule has 164 valence electrons. The molecule has 2 aromatic heterocycles. The van der Waals surface area contributed by atoms with E-state index in [-0.39, 0.29) is 23.8 Å². The summed E-state index contributed by atoms with van der Waals surface area (Å²) in [6, 6.07) is 6.88. The second-order valence-corrected chi connectivity index (χ2v) is 7.87. The smallest absolute Gasteiger partial charge is 0.417 e. The molecule has 0 unspecified atom stereocenters. The van der Waals surface area contributed by atoms with Crippen LogP contribution in [0.25, 0.3) is 10.9 Å². The van der Waals surface area contributed by atoms with Crippen molar-refractivity contribution in [2.75, 3.05) is 12.3 Å². The first-order valence-corrected chi connectivity index (χ1v) is 9.67. The normalized spacial score (nSPS) is 11.8. The van der Waals surface area contributed by atoms with Crippen LogP contribution >= 0.6 is 0 Å². The van der Waals surface area contributed by atoms with Crippen molar-refractivity contribution in [2.45, 2.75) is 33.5 Å². The second-order valence-electron chi connectivity index (χ2n) is 7.87. The molecule has 0 fully saturated rings. The van der Waals surface area contributed by atoms with Crippen molar-refractivity contribution in [3.8, 4) is 5.75 Å². The largest absolute Gasteiger partial charge is 0.507 e. The number of rotatable bonds is 5. The fourth-order valence-electron chi connectivity index (χ4n) is 3.21. The standard InChI is InChI=1S/C22H23F3N4O2/c1-12(2)10-29(11-16-5-4-15(9-27-16)22(23,24)25)21(31)17-7-14-6-13(3)20(26)28-18(14)8-19(17)30/h4-9,12,30H,10-11H2,1-3H3,(H2,26,28). The number of pyridine rings is 2. The number of fused-ring (bicyclic) bond motifs is 1. The number of hydrogen-bond donors (Lipinski definition) is 2. The molecule has 0 saturated heterocycles. The topological polar surface area (TPSA) is 92.3 Å². The summed E-state index contributed by atoms with van der Waals surface area (Å²) in [6.07, 6.45) is -3.73. The van der Waals surface area contributed by atoms with E-state index in [9.17, 15) is 23.1 Å². The Bertz CT molecular complexity index is 1110. The molecule has 0 spiro atoms. The van der Waals surface area contributed by atoms with Crippen LogP contribution in [0.5, 0.6) is 5.75 Å². The molecule has 0 radical (unpaired) electrons. The summed E-state index contributed by atoms with van der Waals surface area (Å²) in [5, 5.41) is 11.1. The zero-order chi connectivity index (χ0) is 22.9. The molecule has 6 nitrogen and oxygen atoms in total. The van der Waals surface area contributed by atoms with E-state index in [1.54, 1.807) is 19.1 Å². The van der Waals surface area contributed by atoms with Gasteiger partial charge in [0.15, 0.2) is 0 Å². The summed E-state index contributed by atoms with van der Waals surface area (Å²) < 4.78 is 38.4. The van der Waals surface area contributed by atoms with Crippen LogP contribution < -0.4 is 5.73 Å². The molecule has 3 aromatic rings. The number of anilines is 1. The average molecular weight is 432 g/mol. The van der Waals surface area contributed by atoms with Crippen molar-refractivity contribution >= 4 is 22.6 Å². The molecule has 3 N–H and O–H groups in total. The maximum absolute atomic E-state index is 13.2. The van der Waals surface area contributed by atoms with Gasteiger partial charge in [-0.25, -0.2) is 4.98 Å². The summed E-state index contributed by atoms with van der Waals surface area (Å²) in [7, 11) is 0. The number of aromatic nitrogens is 2. The Labute approximate surface area is 177 Å². The average Bonchev–Trinajstić information content (AvgIpc) is 2.67. The first kappa shape index (κ1) is 22.3. The lowest BCUT2D eigenvalue weighted by molar-refractivity contribution is -0.137. The van der Waals surface area contributed by atoms with Crippen LogP contribution in [0, 0.1) is 12.8 Å². The lowest BCUT2D eigenvalue weighted by atomic mass is 10.1. The molecule has 0 bridgehead atoms. The minimum Gasteiger partial charge on any atom is -0.507 e. The number of carbonyl (C=O) groups is 1. The number of nitrogen functional groups attached to an aromatic ring is 1. The first-order valence-electron chi connectivity index (χ1n) is 9.67. The lowest BCUT2D eigenvalue weighted by Crippen LogP contribution is -2.34. The third-order valence-electron chi connectivity index (χ3n) is 4.77. The third kappa shape index (κ3) is 5.04. The predicted octanol–water partition coefficient (Wildman–Crippen LogP) is 4.54. The van der Waals surface area contributed by atoms with Gasteiger partial charge in [-0.1, -0.05) is 13.8 Å². The molecule has 9 heteroatoms. The van der Waals surface area contributed by atoms with Crippen LogP contribution in [-0.2, 0) is 12.7 Å². The Balaban J connectivity index is 1.94. The highest BCUT2D eigenvalue weighted by molar-refractivity contribution is 6.01. The van der Waals surface area contributed by atoms with Gasteiger partial charge in [-0.05, 0) is 42.7 Å². The van der Waals surface area contributed by atoms with Crippen LogP contribution in [-0.4, -0.2) is 32.4 Å². The molecular weight excluding hydrogens is 409 g/mol. The van der Waals surface area contributed by atoms with Gasteiger partial charge in [0.2, 0.25) is 0 Å². The molecule has 1 amide bonds. The minimum atomic E-state index is -4.48. The zero-order valence-corrected chi connectivity index (χ0v) is 17.4. The molecule has 0 atom stereocenters. The van der Waals surface area contributed by atoms with Crippen molar-refractivity contribution in [3.05, 3.63) is 58.9 Å². The summed E-state index contributed by atoms with van der Waals surface area (Å²) in [5.41, 5.74) is 6.54. The monoisotopic (exact) mass is 432 g/mol. The molecule has 2 heterocycles. The van der Waals surface area contributed by atoms with Gasteiger partial charge in [-0.3, -0.25) is 9.78 Å². The Morgan fingerprint density at radius 3 is 2.52 bits per heavy atom. The van der Waals surface area contributed by atoms with Gasteiger partial charge in [-0.15, -0.1) is 0 Å². The van der Waals surface area contributed by atoms with E-state index in [4.69, 9.17) is 5.73 Å². The second kappa shape index (κ2) is 8.41. The quantitative estimate of drug-likeness (QED) is 0.617. The minimum absolute atomic E-state index is 0.00560. The number of nitrogens with two attached hydrogens (primary N) is 1. The Morgan fingerprint density at radius 1 is 1.23 bits per heavy atom. The van der Waals surface area contributed by atoms with Gasteiger partial charge in [0.05, 0.1) is 28.9 Å². The van der Waals surface area contributed by atoms with E-state index in [0.717, 1.165) is 17.8 Å². The van der Waals surface area contributed by atoms with Crippen molar-refractivity contribution < 1.29 is 23.1 Å². The number of alkyl halides is 3. The summed E-state index contributed by atoms with van der Waals surface area (Å²) >= 11 is 0. The van der Waals surface area contributed by atoms with Crippen molar-refractivity contribution in [1.29, 1.82) is 0 Å². The van der Waals surface area contributed by atoms with E-state index in [2.05, 4.69) is 9.97 Å². The van der Waals surface area contributed by atoms with Crippen LogP contribution in [0.1, 0.15) is 41.0 Å². The molecule has 0 aliphatic heterocycles. The van der Waals surface area contributed by atoms with E-state index < -0.39 is 17.6 Å². The maximum atomic E-state index is 13.2. The van der Waals surface area contributed by atoms with Crippen molar-refractivity contribution in [1.82, 2.24) is 14.9 Å². The predicted molar refractivity (Wildman–Crippen MR) is 111 cm³/mol. The molecule has 0 saturated carbocycles. The number of halogens is 3. The van der Waals surface area contributed by atoms with Gasteiger partial charge in [0, 0.05) is 24.2 Å². The summed E-state index contributed by atoms with van der Waals surface area (Å²) in [5.74, 6) is -0.280. The van der Waals surface area contributed by atoms with Crippen LogP contribution in [0.4, 0.5) is 19.0 Å². The third-order valence-corrected chi connectivity index (χ3v) is 4.77. The number of benzene rings is 1. The highest BCUT2D eigenvalue weighted by Gasteiger charge is 2.31. The molecule has 3 rings (SSSR count).